The van der Waals surface area contributed by atoms with E-state index in [1.54, 1.807) is 26.1 Å². The molecular formula is C9H15N3O. The molecule has 1 rings (SSSR count). The van der Waals surface area contributed by atoms with Crippen molar-refractivity contribution in [2.45, 2.75) is 25.9 Å². The molecule has 0 aliphatic carbocycles. The lowest BCUT2D eigenvalue weighted by atomic mass is 10.1. The van der Waals surface area contributed by atoms with Gasteiger partial charge in [-0.15, -0.1) is 0 Å². The standard InChI is InChI=1S/C9H15N3O/c1-9(2,13)4-6-11-8-3-5-10-7-12-8/h3,5,7,13H,4,6H2,1-2H3,(H,10,11,12). The highest BCUT2D eigenvalue weighted by atomic mass is 16.3. The van der Waals surface area contributed by atoms with E-state index in [4.69, 9.17) is 0 Å². The average molecular weight is 181 g/mol. The number of rotatable bonds is 4. The summed E-state index contributed by atoms with van der Waals surface area (Å²) in [6.07, 6.45) is 3.86. The van der Waals surface area contributed by atoms with Crippen LogP contribution in [0.3, 0.4) is 0 Å². The number of nitrogens with one attached hydrogen (secondary N) is 1. The molecule has 0 aliphatic heterocycles. The van der Waals surface area contributed by atoms with Crippen LogP contribution in [-0.4, -0.2) is 27.2 Å². The maximum Gasteiger partial charge on any atom is 0.129 e. The Labute approximate surface area is 78.0 Å². The van der Waals surface area contributed by atoms with Crippen molar-refractivity contribution in [2.75, 3.05) is 11.9 Å². The quantitative estimate of drug-likeness (QED) is 0.729. The molecule has 72 valence electrons. The second-order valence-electron chi connectivity index (χ2n) is 3.58. The van der Waals surface area contributed by atoms with Crippen LogP contribution in [0.15, 0.2) is 18.6 Å². The van der Waals surface area contributed by atoms with E-state index in [1.165, 1.54) is 6.33 Å². The monoisotopic (exact) mass is 181 g/mol. The van der Waals surface area contributed by atoms with Gasteiger partial charge in [-0.25, -0.2) is 9.97 Å². The van der Waals surface area contributed by atoms with Crippen LogP contribution in [0.5, 0.6) is 0 Å². The number of hydrogen-bond acceptors (Lipinski definition) is 4. The summed E-state index contributed by atoms with van der Waals surface area (Å²) in [6.45, 7) is 4.28. The largest absolute Gasteiger partial charge is 0.390 e. The summed E-state index contributed by atoms with van der Waals surface area (Å²) in [5, 5.41) is 12.5. The van der Waals surface area contributed by atoms with Gasteiger partial charge in [0.05, 0.1) is 5.60 Å². The fourth-order valence-corrected chi connectivity index (χ4v) is 0.892. The predicted octanol–water partition coefficient (Wildman–Crippen LogP) is 1.05. The van der Waals surface area contributed by atoms with Gasteiger partial charge in [0.1, 0.15) is 12.1 Å². The van der Waals surface area contributed by atoms with Gasteiger partial charge in [0, 0.05) is 12.7 Å². The second kappa shape index (κ2) is 4.18. The zero-order valence-corrected chi connectivity index (χ0v) is 7.99. The number of aromatic nitrogens is 2. The first-order valence-corrected chi connectivity index (χ1v) is 4.30. The molecule has 0 spiro atoms. The van der Waals surface area contributed by atoms with Crippen LogP contribution < -0.4 is 5.32 Å². The third kappa shape index (κ3) is 4.42. The van der Waals surface area contributed by atoms with Crippen molar-refractivity contribution in [3.05, 3.63) is 18.6 Å². The Morgan fingerprint density at radius 1 is 1.54 bits per heavy atom. The van der Waals surface area contributed by atoms with E-state index in [2.05, 4.69) is 15.3 Å². The average Bonchev–Trinajstić information content (AvgIpc) is 2.04. The van der Waals surface area contributed by atoms with Gasteiger partial charge in [-0.05, 0) is 26.3 Å². The maximum absolute atomic E-state index is 9.42. The third-order valence-corrected chi connectivity index (χ3v) is 1.62. The lowest BCUT2D eigenvalue weighted by Gasteiger charge is -2.16. The SMILES string of the molecule is CC(C)(O)CCNc1ccncn1. The Bertz CT molecular complexity index is 243. The molecular weight excluding hydrogens is 166 g/mol. The van der Waals surface area contributed by atoms with E-state index < -0.39 is 5.60 Å². The zero-order valence-electron chi connectivity index (χ0n) is 7.99. The topological polar surface area (TPSA) is 58.0 Å². The summed E-state index contributed by atoms with van der Waals surface area (Å²) < 4.78 is 0. The number of hydrogen-bond donors (Lipinski definition) is 2. The molecule has 0 amide bonds. The normalized spacial score (nSPS) is 11.3. The second-order valence-corrected chi connectivity index (χ2v) is 3.58. The molecule has 0 saturated carbocycles. The lowest BCUT2D eigenvalue weighted by Crippen LogP contribution is -2.22. The first-order valence-electron chi connectivity index (χ1n) is 4.30. The van der Waals surface area contributed by atoms with Crippen LogP contribution in [-0.2, 0) is 0 Å². The predicted molar refractivity (Wildman–Crippen MR) is 51.4 cm³/mol. The summed E-state index contributed by atoms with van der Waals surface area (Å²) in [5.74, 6) is 0.791. The first-order chi connectivity index (χ1) is 6.08. The van der Waals surface area contributed by atoms with Crippen molar-refractivity contribution in [3.8, 4) is 0 Å². The molecule has 0 bridgehead atoms. The fraction of sp³-hybridized carbons (Fsp3) is 0.556. The summed E-state index contributed by atoms with van der Waals surface area (Å²) in [6, 6.07) is 1.80. The van der Waals surface area contributed by atoms with Gasteiger partial charge >= 0.3 is 0 Å². The Morgan fingerprint density at radius 3 is 2.85 bits per heavy atom. The molecule has 1 aromatic rings. The van der Waals surface area contributed by atoms with E-state index in [1.807, 2.05) is 0 Å². The fourth-order valence-electron chi connectivity index (χ4n) is 0.892. The lowest BCUT2D eigenvalue weighted by molar-refractivity contribution is 0.0748. The van der Waals surface area contributed by atoms with E-state index in [0.29, 0.717) is 13.0 Å². The molecule has 0 radical (unpaired) electrons. The van der Waals surface area contributed by atoms with Crippen molar-refractivity contribution < 1.29 is 5.11 Å². The summed E-state index contributed by atoms with van der Waals surface area (Å²) in [5.41, 5.74) is -0.625. The van der Waals surface area contributed by atoms with E-state index in [0.717, 1.165) is 5.82 Å². The van der Waals surface area contributed by atoms with Crippen molar-refractivity contribution in [2.24, 2.45) is 0 Å². The van der Waals surface area contributed by atoms with E-state index in [-0.39, 0.29) is 0 Å². The minimum absolute atomic E-state index is 0.625. The molecule has 0 fully saturated rings. The van der Waals surface area contributed by atoms with Crippen molar-refractivity contribution in [3.63, 3.8) is 0 Å². The highest BCUT2D eigenvalue weighted by Gasteiger charge is 2.10. The molecule has 1 aromatic heterocycles. The number of anilines is 1. The van der Waals surface area contributed by atoms with Crippen molar-refractivity contribution in [1.82, 2.24) is 9.97 Å². The van der Waals surface area contributed by atoms with Crippen LogP contribution in [0.4, 0.5) is 5.82 Å². The highest BCUT2D eigenvalue weighted by Crippen LogP contribution is 2.07. The molecule has 13 heavy (non-hydrogen) atoms. The number of aliphatic hydroxyl groups is 1. The van der Waals surface area contributed by atoms with Crippen molar-refractivity contribution in [1.29, 1.82) is 0 Å². The molecule has 1 heterocycles. The Kier molecular flexibility index (Phi) is 3.19. The molecule has 0 aliphatic rings. The molecule has 0 unspecified atom stereocenters. The van der Waals surface area contributed by atoms with E-state index >= 15 is 0 Å². The van der Waals surface area contributed by atoms with Crippen LogP contribution in [0.1, 0.15) is 20.3 Å². The van der Waals surface area contributed by atoms with Gasteiger partial charge in [0.25, 0.3) is 0 Å². The van der Waals surface area contributed by atoms with Gasteiger partial charge in [-0.1, -0.05) is 0 Å². The van der Waals surface area contributed by atoms with Crippen LogP contribution >= 0.6 is 0 Å². The first kappa shape index (κ1) is 9.92. The van der Waals surface area contributed by atoms with Gasteiger partial charge in [0.15, 0.2) is 0 Å². The Morgan fingerprint density at radius 2 is 2.31 bits per heavy atom. The van der Waals surface area contributed by atoms with Gasteiger partial charge in [0.2, 0.25) is 0 Å². The van der Waals surface area contributed by atoms with Crippen LogP contribution in [0, 0.1) is 0 Å². The highest BCUT2D eigenvalue weighted by molar-refractivity contribution is 5.31. The van der Waals surface area contributed by atoms with Gasteiger partial charge in [-0.3, -0.25) is 0 Å². The van der Waals surface area contributed by atoms with Crippen molar-refractivity contribution >= 4 is 5.82 Å². The molecule has 2 N–H and O–H groups in total. The molecule has 0 atom stereocenters. The zero-order chi connectivity index (χ0) is 9.73. The summed E-state index contributed by atoms with van der Waals surface area (Å²) in [7, 11) is 0. The third-order valence-electron chi connectivity index (χ3n) is 1.62. The molecule has 4 nitrogen and oxygen atoms in total. The maximum atomic E-state index is 9.42. The summed E-state index contributed by atoms with van der Waals surface area (Å²) >= 11 is 0. The van der Waals surface area contributed by atoms with Gasteiger partial charge < -0.3 is 10.4 Å². The van der Waals surface area contributed by atoms with Crippen LogP contribution in [0.25, 0.3) is 0 Å². The molecule has 4 heteroatoms. The summed E-state index contributed by atoms with van der Waals surface area (Å²) in [4.78, 5) is 7.80. The minimum Gasteiger partial charge on any atom is -0.390 e. The smallest absolute Gasteiger partial charge is 0.129 e. The number of nitrogens with zero attached hydrogens (tertiary/aromatic N) is 2. The Hall–Kier alpha value is -1.16. The molecule has 0 saturated heterocycles. The minimum atomic E-state index is -0.625. The van der Waals surface area contributed by atoms with Gasteiger partial charge in [-0.2, -0.15) is 0 Å². The Balaban J connectivity index is 2.29. The molecule has 0 aromatic carbocycles. The van der Waals surface area contributed by atoms with Crippen LogP contribution in [0.2, 0.25) is 0 Å². The van der Waals surface area contributed by atoms with E-state index in [9.17, 15) is 5.11 Å².